The minimum absolute atomic E-state index is 0.0584. The molecule has 3 N–H and O–H groups in total. The Labute approximate surface area is 214 Å². The van der Waals surface area contributed by atoms with Crippen molar-refractivity contribution in [1.82, 2.24) is 19.6 Å². The molecule has 2 amide bonds. The second-order valence-electron chi connectivity index (χ2n) is 8.64. The molecule has 1 unspecified atom stereocenters. The molecule has 0 radical (unpaired) electrons. The van der Waals surface area contributed by atoms with Crippen LogP contribution in [0.5, 0.6) is 0 Å². The molecule has 1 saturated heterocycles. The topological polar surface area (TPSA) is 167 Å². The molecule has 2 fully saturated rings. The summed E-state index contributed by atoms with van der Waals surface area (Å²) in [6, 6.07) is 2.22. The smallest absolute Gasteiger partial charge is 0.278 e. The quantitative estimate of drug-likeness (QED) is 0.197. The number of pyridine rings is 1. The molecule has 14 heteroatoms. The second-order valence-corrected chi connectivity index (χ2v) is 10.5. The number of amides is 2. The van der Waals surface area contributed by atoms with Gasteiger partial charge in [0.2, 0.25) is 11.5 Å². The number of carboxylic acid groups (broad SMARTS) is 1. The molecular weight excluding hydrogens is 506 g/mol. The van der Waals surface area contributed by atoms with Crippen molar-refractivity contribution in [2.75, 3.05) is 11.5 Å². The first-order chi connectivity index (χ1) is 17.4. The first kappa shape index (κ1) is 24.2. The van der Waals surface area contributed by atoms with Crippen LogP contribution in [0.1, 0.15) is 41.9 Å². The van der Waals surface area contributed by atoms with Gasteiger partial charge in [0.05, 0.1) is 5.97 Å². The molecule has 0 aromatic carbocycles. The van der Waals surface area contributed by atoms with Crippen LogP contribution in [0, 0.1) is 0 Å². The molecule has 1 aliphatic carbocycles. The number of rotatable bonds is 8. The van der Waals surface area contributed by atoms with E-state index >= 15 is 0 Å². The maximum Gasteiger partial charge on any atom is 0.278 e. The van der Waals surface area contributed by atoms with Crippen LogP contribution in [-0.2, 0) is 21.0 Å². The molecule has 36 heavy (non-hydrogen) atoms. The van der Waals surface area contributed by atoms with Gasteiger partial charge in [0.15, 0.2) is 24.1 Å². The maximum atomic E-state index is 13.1. The molecular formula is C22H23N7O5S2. The van der Waals surface area contributed by atoms with Gasteiger partial charge in [-0.3, -0.25) is 9.59 Å². The number of carbonyl (C=O) groups is 3. The molecule has 2 aromatic heterocycles. The van der Waals surface area contributed by atoms with Crippen LogP contribution < -0.4 is 20.7 Å². The highest BCUT2D eigenvalue weighted by atomic mass is 32.2. The van der Waals surface area contributed by atoms with Gasteiger partial charge in [0, 0.05) is 46.8 Å². The molecule has 2 atom stereocenters. The van der Waals surface area contributed by atoms with Gasteiger partial charge in [-0.15, -0.1) is 11.8 Å². The highest BCUT2D eigenvalue weighted by Crippen LogP contribution is 2.36. The fourth-order valence-corrected chi connectivity index (χ4v) is 5.91. The number of nitrogens with two attached hydrogens (primary N) is 1. The number of aromatic nitrogens is 3. The summed E-state index contributed by atoms with van der Waals surface area (Å²) < 4.78 is 5.91. The Bertz CT molecular complexity index is 1240. The van der Waals surface area contributed by atoms with Crippen molar-refractivity contribution in [1.29, 1.82) is 0 Å². The lowest BCUT2D eigenvalue weighted by molar-refractivity contribution is -0.689. The number of nitrogens with one attached hydrogen (secondary N) is 1. The van der Waals surface area contributed by atoms with Crippen molar-refractivity contribution in [3.63, 3.8) is 0 Å². The average molecular weight is 530 g/mol. The molecule has 188 valence electrons. The van der Waals surface area contributed by atoms with Crippen LogP contribution in [0.2, 0.25) is 0 Å². The number of nitrogen functional groups attached to an aromatic ring is 1. The Morgan fingerprint density at radius 3 is 2.72 bits per heavy atom. The van der Waals surface area contributed by atoms with Crippen LogP contribution in [0.4, 0.5) is 5.13 Å². The number of hydrogen-bond acceptors (Lipinski definition) is 11. The number of carbonyl (C=O) groups excluding carboxylic acids is 3. The number of hydrogen-bond donors (Lipinski definition) is 2. The standard InChI is InChI=1S/C22H23N7O5S2/c23-22-25-17(27-36-22)15(26-34-14-3-1-2-4-14)18(30)24-16-19(31)29-10-12(11-35-20(16)29)9-28-7-5-13(6-8-28)21(32)33/h5-8,10,14,16,20H,1-4,9,11H2,(H3-,23,24,25,27,30,32,33)/t16?,20-/m0/s1. The molecule has 2 aromatic rings. The van der Waals surface area contributed by atoms with Crippen LogP contribution in [0.25, 0.3) is 0 Å². The summed E-state index contributed by atoms with van der Waals surface area (Å²) in [7, 11) is 0. The van der Waals surface area contributed by atoms with Crippen LogP contribution in [0.15, 0.2) is 41.5 Å². The monoisotopic (exact) mass is 529 g/mol. The van der Waals surface area contributed by atoms with Crippen LogP contribution in [-0.4, -0.2) is 61.0 Å². The lowest BCUT2D eigenvalue weighted by Gasteiger charge is -2.47. The van der Waals surface area contributed by atoms with Crippen molar-refractivity contribution < 1.29 is 28.9 Å². The number of anilines is 1. The van der Waals surface area contributed by atoms with E-state index in [0.717, 1.165) is 42.8 Å². The molecule has 4 heterocycles. The van der Waals surface area contributed by atoms with E-state index in [-0.39, 0.29) is 39.6 Å². The minimum atomic E-state index is -1.23. The van der Waals surface area contributed by atoms with E-state index in [1.54, 1.807) is 23.5 Å². The third-order valence-electron chi connectivity index (χ3n) is 6.10. The summed E-state index contributed by atoms with van der Waals surface area (Å²) >= 11 is 2.48. The van der Waals surface area contributed by atoms with Gasteiger partial charge < -0.3 is 30.7 Å². The van der Waals surface area contributed by atoms with E-state index < -0.39 is 17.9 Å². The number of oxime groups is 1. The molecule has 0 bridgehead atoms. The summed E-state index contributed by atoms with van der Waals surface area (Å²) in [5.41, 5.74) is 6.67. The van der Waals surface area contributed by atoms with Gasteiger partial charge in [-0.2, -0.15) is 9.36 Å². The van der Waals surface area contributed by atoms with Crippen LogP contribution in [0.3, 0.4) is 0 Å². The third-order valence-corrected chi connectivity index (χ3v) is 8.02. The minimum Gasteiger partial charge on any atom is -0.545 e. The predicted octanol–water partition coefficient (Wildman–Crippen LogP) is -0.581. The highest BCUT2D eigenvalue weighted by molar-refractivity contribution is 8.00. The Balaban J connectivity index is 1.23. The van der Waals surface area contributed by atoms with E-state index in [9.17, 15) is 19.5 Å². The van der Waals surface area contributed by atoms with E-state index in [4.69, 9.17) is 10.6 Å². The molecule has 1 saturated carbocycles. The van der Waals surface area contributed by atoms with Gasteiger partial charge in [-0.05, 0) is 25.7 Å². The van der Waals surface area contributed by atoms with Crippen molar-refractivity contribution in [3.05, 3.63) is 47.7 Å². The van der Waals surface area contributed by atoms with E-state index in [2.05, 4.69) is 19.8 Å². The zero-order chi connectivity index (χ0) is 25.2. The average Bonchev–Trinajstić information content (AvgIpc) is 3.55. The predicted molar refractivity (Wildman–Crippen MR) is 128 cm³/mol. The third kappa shape index (κ3) is 5.04. The van der Waals surface area contributed by atoms with Gasteiger partial charge >= 0.3 is 0 Å². The van der Waals surface area contributed by atoms with E-state index in [1.807, 2.05) is 4.57 Å². The largest absolute Gasteiger partial charge is 0.545 e. The van der Waals surface area contributed by atoms with Crippen molar-refractivity contribution in [2.45, 2.75) is 49.7 Å². The van der Waals surface area contributed by atoms with Gasteiger partial charge in [0.25, 0.3) is 11.8 Å². The lowest BCUT2D eigenvalue weighted by Crippen LogP contribution is -2.69. The fraction of sp³-hybridized carbons (Fsp3) is 0.409. The van der Waals surface area contributed by atoms with Crippen molar-refractivity contribution in [2.24, 2.45) is 5.16 Å². The van der Waals surface area contributed by atoms with E-state index in [0.29, 0.717) is 12.3 Å². The summed E-state index contributed by atoms with van der Waals surface area (Å²) in [5.74, 6) is -1.35. The van der Waals surface area contributed by atoms with E-state index in [1.165, 1.54) is 23.9 Å². The summed E-state index contributed by atoms with van der Waals surface area (Å²) in [5, 5.41) is 17.7. The Morgan fingerprint density at radius 1 is 1.31 bits per heavy atom. The van der Waals surface area contributed by atoms with Gasteiger partial charge in [0.1, 0.15) is 17.5 Å². The number of fused-ring (bicyclic) bond motifs is 1. The van der Waals surface area contributed by atoms with Gasteiger partial charge in [-0.25, -0.2) is 4.57 Å². The molecule has 0 spiro atoms. The summed E-state index contributed by atoms with van der Waals surface area (Å²) in [6.45, 7) is 0.500. The molecule has 5 rings (SSSR count). The normalized spacial score (nSPS) is 22.0. The first-order valence-corrected chi connectivity index (χ1v) is 13.2. The van der Waals surface area contributed by atoms with Crippen LogP contribution >= 0.6 is 23.3 Å². The Morgan fingerprint density at radius 2 is 2.06 bits per heavy atom. The number of thioether (sulfide) groups is 1. The second kappa shape index (κ2) is 10.2. The Hall–Kier alpha value is -3.52. The molecule has 3 aliphatic rings. The fourth-order valence-electron chi connectivity index (χ4n) is 4.23. The number of β-lactam (4-membered cyclic amide) rings is 1. The lowest BCUT2D eigenvalue weighted by atomic mass is 10.1. The van der Waals surface area contributed by atoms with Gasteiger partial charge in [-0.1, -0.05) is 5.16 Å². The van der Waals surface area contributed by atoms with Crippen molar-refractivity contribution >= 4 is 51.9 Å². The zero-order valence-electron chi connectivity index (χ0n) is 19.0. The number of carboxylic acids is 1. The van der Waals surface area contributed by atoms with Crippen molar-refractivity contribution in [3.8, 4) is 0 Å². The number of aromatic carboxylic acids is 1. The Kier molecular flexibility index (Phi) is 6.87. The summed E-state index contributed by atoms with van der Waals surface area (Å²) in [6.07, 6.45) is 8.86. The summed E-state index contributed by atoms with van der Waals surface area (Å²) in [4.78, 5) is 48.1. The maximum absolute atomic E-state index is 13.1. The number of nitrogens with zero attached hydrogens (tertiary/aromatic N) is 5. The molecule has 2 aliphatic heterocycles. The first-order valence-electron chi connectivity index (χ1n) is 11.4. The zero-order valence-corrected chi connectivity index (χ0v) is 20.7. The highest BCUT2D eigenvalue weighted by Gasteiger charge is 2.50. The SMILES string of the molecule is Nc1nc(C(=NOC2CCCC2)C(=O)NC2C(=O)N3C=C(C[n+]4ccc(C(=O)[O-])cc4)CS[C@@H]23)ns1. The molecule has 12 nitrogen and oxygen atoms in total.